The molecule has 0 bridgehead atoms. The number of benzene rings is 1. The van der Waals surface area contributed by atoms with Crippen LogP contribution in [-0.2, 0) is 11.2 Å². The lowest BCUT2D eigenvalue weighted by atomic mass is 10.1. The van der Waals surface area contributed by atoms with E-state index in [1.165, 1.54) is 0 Å². The van der Waals surface area contributed by atoms with Gasteiger partial charge in [-0.3, -0.25) is 4.79 Å². The number of carbonyl (C=O) groups is 1. The number of primary amides is 1. The normalized spacial score (nSPS) is 9.33. The topological polar surface area (TPSA) is 43.1 Å². The standard InChI is InChI=1S/C10H11NO/c1-2-8-4-3-5-9(6-8)7-10(11)12/h2-6H,1,7H2,(H2,11,12). The highest BCUT2D eigenvalue weighted by atomic mass is 16.1. The summed E-state index contributed by atoms with van der Waals surface area (Å²) in [5, 5.41) is 0. The highest BCUT2D eigenvalue weighted by molar-refractivity contribution is 5.76. The molecule has 0 aromatic heterocycles. The molecule has 0 heterocycles. The zero-order valence-electron chi connectivity index (χ0n) is 6.79. The van der Waals surface area contributed by atoms with E-state index in [2.05, 4.69) is 6.58 Å². The average molecular weight is 161 g/mol. The molecule has 0 saturated carbocycles. The molecule has 1 rings (SSSR count). The molecule has 0 fully saturated rings. The first-order chi connectivity index (χ1) is 5.72. The number of carbonyl (C=O) groups excluding carboxylic acids is 1. The molecule has 2 heteroatoms. The van der Waals surface area contributed by atoms with Crippen molar-refractivity contribution < 1.29 is 4.79 Å². The van der Waals surface area contributed by atoms with Crippen molar-refractivity contribution in [3.05, 3.63) is 42.0 Å². The van der Waals surface area contributed by atoms with Crippen molar-refractivity contribution >= 4 is 12.0 Å². The Labute approximate surface area is 71.7 Å². The predicted octanol–water partition coefficient (Wildman–Crippen LogP) is 1.36. The molecule has 62 valence electrons. The van der Waals surface area contributed by atoms with Crippen LogP contribution in [0.5, 0.6) is 0 Å². The fraction of sp³-hybridized carbons (Fsp3) is 0.100. The Morgan fingerprint density at radius 3 is 2.92 bits per heavy atom. The van der Waals surface area contributed by atoms with Crippen LogP contribution in [0.1, 0.15) is 11.1 Å². The van der Waals surface area contributed by atoms with Gasteiger partial charge in [-0.1, -0.05) is 36.9 Å². The summed E-state index contributed by atoms with van der Waals surface area (Å²) in [6.45, 7) is 3.64. The van der Waals surface area contributed by atoms with Gasteiger partial charge in [-0.2, -0.15) is 0 Å². The molecular formula is C10H11NO. The summed E-state index contributed by atoms with van der Waals surface area (Å²) >= 11 is 0. The molecule has 12 heavy (non-hydrogen) atoms. The summed E-state index contributed by atoms with van der Waals surface area (Å²) in [6.07, 6.45) is 2.03. The molecule has 1 amide bonds. The highest BCUT2D eigenvalue weighted by Gasteiger charge is 1.97. The molecule has 0 aliphatic heterocycles. The molecule has 0 radical (unpaired) electrons. The Kier molecular flexibility index (Phi) is 2.64. The van der Waals surface area contributed by atoms with Gasteiger partial charge in [0.1, 0.15) is 0 Å². The van der Waals surface area contributed by atoms with Crippen LogP contribution in [0.2, 0.25) is 0 Å². The third-order valence-corrected chi connectivity index (χ3v) is 1.57. The van der Waals surface area contributed by atoms with Crippen molar-refractivity contribution in [3.8, 4) is 0 Å². The van der Waals surface area contributed by atoms with Crippen LogP contribution < -0.4 is 5.73 Å². The highest BCUT2D eigenvalue weighted by Crippen LogP contribution is 2.06. The third kappa shape index (κ3) is 2.23. The summed E-state index contributed by atoms with van der Waals surface area (Å²) in [6, 6.07) is 7.59. The van der Waals surface area contributed by atoms with Gasteiger partial charge in [0.25, 0.3) is 0 Å². The Balaban J connectivity index is 2.86. The van der Waals surface area contributed by atoms with E-state index in [4.69, 9.17) is 5.73 Å². The van der Waals surface area contributed by atoms with E-state index in [1.54, 1.807) is 6.08 Å². The van der Waals surface area contributed by atoms with Gasteiger partial charge in [0.05, 0.1) is 6.42 Å². The van der Waals surface area contributed by atoms with Crippen LogP contribution in [-0.4, -0.2) is 5.91 Å². The second kappa shape index (κ2) is 3.72. The molecule has 2 nitrogen and oxygen atoms in total. The van der Waals surface area contributed by atoms with Crippen LogP contribution in [0.3, 0.4) is 0 Å². The van der Waals surface area contributed by atoms with E-state index in [0.717, 1.165) is 11.1 Å². The number of amides is 1. The van der Waals surface area contributed by atoms with Crippen molar-refractivity contribution in [2.45, 2.75) is 6.42 Å². The van der Waals surface area contributed by atoms with Crippen LogP contribution >= 0.6 is 0 Å². The first-order valence-electron chi connectivity index (χ1n) is 3.72. The second-order valence-electron chi connectivity index (χ2n) is 2.59. The Morgan fingerprint density at radius 1 is 1.58 bits per heavy atom. The fourth-order valence-electron chi connectivity index (χ4n) is 1.03. The lowest BCUT2D eigenvalue weighted by Crippen LogP contribution is -2.13. The maximum atomic E-state index is 10.6. The van der Waals surface area contributed by atoms with Crippen LogP contribution in [0.4, 0.5) is 0 Å². The van der Waals surface area contributed by atoms with E-state index in [9.17, 15) is 4.79 Å². The van der Waals surface area contributed by atoms with Crippen LogP contribution in [0, 0.1) is 0 Å². The summed E-state index contributed by atoms with van der Waals surface area (Å²) in [5.41, 5.74) is 6.99. The SMILES string of the molecule is C=Cc1cccc(CC(N)=O)c1. The van der Waals surface area contributed by atoms with Gasteiger partial charge >= 0.3 is 0 Å². The Hall–Kier alpha value is -1.57. The van der Waals surface area contributed by atoms with E-state index in [-0.39, 0.29) is 5.91 Å². The predicted molar refractivity (Wildman–Crippen MR) is 49.4 cm³/mol. The van der Waals surface area contributed by atoms with Gasteiger partial charge in [0, 0.05) is 0 Å². The lowest BCUT2D eigenvalue weighted by molar-refractivity contribution is -0.117. The van der Waals surface area contributed by atoms with Crippen molar-refractivity contribution in [1.82, 2.24) is 0 Å². The van der Waals surface area contributed by atoms with E-state index < -0.39 is 0 Å². The largest absolute Gasteiger partial charge is 0.369 e. The molecular weight excluding hydrogens is 150 g/mol. The first-order valence-corrected chi connectivity index (χ1v) is 3.72. The summed E-state index contributed by atoms with van der Waals surface area (Å²) in [5.74, 6) is -0.309. The van der Waals surface area contributed by atoms with Crippen LogP contribution in [0.25, 0.3) is 6.08 Å². The lowest BCUT2D eigenvalue weighted by Gasteiger charge is -1.98. The monoisotopic (exact) mass is 161 g/mol. The Bertz CT molecular complexity index is 304. The van der Waals surface area contributed by atoms with Gasteiger partial charge in [0.2, 0.25) is 5.91 Å². The van der Waals surface area contributed by atoms with Crippen LogP contribution in [0.15, 0.2) is 30.8 Å². The number of hydrogen-bond acceptors (Lipinski definition) is 1. The van der Waals surface area contributed by atoms with E-state index in [1.807, 2.05) is 24.3 Å². The maximum absolute atomic E-state index is 10.6. The molecule has 1 aromatic rings. The van der Waals surface area contributed by atoms with Gasteiger partial charge in [-0.25, -0.2) is 0 Å². The molecule has 0 aliphatic rings. The van der Waals surface area contributed by atoms with Crippen molar-refractivity contribution in [2.24, 2.45) is 5.73 Å². The summed E-state index contributed by atoms with van der Waals surface area (Å²) in [7, 11) is 0. The zero-order valence-corrected chi connectivity index (χ0v) is 6.79. The average Bonchev–Trinajstić information content (AvgIpc) is 2.03. The molecule has 0 spiro atoms. The minimum Gasteiger partial charge on any atom is -0.369 e. The zero-order chi connectivity index (χ0) is 8.97. The third-order valence-electron chi connectivity index (χ3n) is 1.57. The summed E-state index contributed by atoms with van der Waals surface area (Å²) < 4.78 is 0. The van der Waals surface area contributed by atoms with Crippen molar-refractivity contribution in [3.63, 3.8) is 0 Å². The smallest absolute Gasteiger partial charge is 0.221 e. The van der Waals surface area contributed by atoms with Gasteiger partial charge in [0.15, 0.2) is 0 Å². The molecule has 0 atom stereocenters. The molecule has 2 N–H and O–H groups in total. The molecule has 0 aliphatic carbocycles. The van der Waals surface area contributed by atoms with Gasteiger partial charge < -0.3 is 5.73 Å². The minimum atomic E-state index is -0.309. The number of hydrogen-bond donors (Lipinski definition) is 1. The number of nitrogens with two attached hydrogens (primary N) is 1. The molecule has 0 saturated heterocycles. The van der Waals surface area contributed by atoms with Crippen molar-refractivity contribution in [1.29, 1.82) is 0 Å². The minimum absolute atomic E-state index is 0.293. The Morgan fingerprint density at radius 2 is 2.33 bits per heavy atom. The quantitative estimate of drug-likeness (QED) is 0.714. The van der Waals surface area contributed by atoms with Crippen molar-refractivity contribution in [2.75, 3.05) is 0 Å². The molecule has 0 unspecified atom stereocenters. The maximum Gasteiger partial charge on any atom is 0.221 e. The summed E-state index contributed by atoms with van der Waals surface area (Å²) in [4.78, 5) is 10.6. The number of rotatable bonds is 3. The fourth-order valence-corrected chi connectivity index (χ4v) is 1.03. The van der Waals surface area contributed by atoms with E-state index in [0.29, 0.717) is 6.42 Å². The van der Waals surface area contributed by atoms with E-state index >= 15 is 0 Å². The van der Waals surface area contributed by atoms with Gasteiger partial charge in [-0.15, -0.1) is 0 Å². The first kappa shape index (κ1) is 8.53. The second-order valence-corrected chi connectivity index (χ2v) is 2.59. The van der Waals surface area contributed by atoms with Gasteiger partial charge in [-0.05, 0) is 11.1 Å². The molecule has 1 aromatic carbocycles.